The van der Waals surface area contributed by atoms with Gasteiger partial charge in [0.2, 0.25) is 0 Å². The number of hydrogen-bond acceptors (Lipinski definition) is 3. The molecule has 100 valence electrons. The lowest BCUT2D eigenvalue weighted by molar-refractivity contribution is 0.0174. The maximum Gasteiger partial charge on any atom is 0.0659 e. The van der Waals surface area contributed by atoms with Crippen LogP contribution < -0.4 is 5.73 Å². The number of hydrogen-bond donors (Lipinski definition) is 1. The Hall–Kier alpha value is -0.900. The van der Waals surface area contributed by atoms with Gasteiger partial charge in [-0.3, -0.25) is 0 Å². The van der Waals surface area contributed by atoms with Crippen LogP contribution in [0.5, 0.6) is 0 Å². The van der Waals surface area contributed by atoms with Crippen molar-refractivity contribution in [2.75, 3.05) is 26.4 Å². The average Bonchev–Trinajstić information content (AvgIpc) is 2.40. The molecule has 1 aliphatic heterocycles. The smallest absolute Gasteiger partial charge is 0.0659 e. The Morgan fingerprint density at radius 3 is 2.78 bits per heavy atom. The van der Waals surface area contributed by atoms with Gasteiger partial charge in [0, 0.05) is 19.8 Å². The van der Waals surface area contributed by atoms with Crippen molar-refractivity contribution in [2.45, 2.75) is 25.8 Å². The fourth-order valence-electron chi connectivity index (χ4n) is 2.37. The Morgan fingerprint density at radius 1 is 1.33 bits per heavy atom. The standard InChI is InChI=1S/C15H23NO2/c1-12-4-2-3-5-14(12)15(16)11-18-10-13-6-8-17-9-7-13/h2-5,13,15H,6-11,16H2,1H3. The van der Waals surface area contributed by atoms with E-state index < -0.39 is 0 Å². The molecule has 0 radical (unpaired) electrons. The second-order valence-electron chi connectivity index (χ2n) is 5.06. The molecular weight excluding hydrogens is 226 g/mol. The molecule has 0 saturated carbocycles. The number of aryl methyl sites for hydroxylation is 1. The van der Waals surface area contributed by atoms with Gasteiger partial charge in [-0.05, 0) is 36.8 Å². The van der Waals surface area contributed by atoms with Crippen molar-refractivity contribution in [1.29, 1.82) is 0 Å². The van der Waals surface area contributed by atoms with E-state index in [1.54, 1.807) is 0 Å². The van der Waals surface area contributed by atoms with E-state index in [4.69, 9.17) is 15.2 Å². The van der Waals surface area contributed by atoms with Gasteiger partial charge in [0.15, 0.2) is 0 Å². The average molecular weight is 249 g/mol. The number of rotatable bonds is 5. The van der Waals surface area contributed by atoms with Gasteiger partial charge < -0.3 is 15.2 Å². The Labute approximate surface area is 109 Å². The van der Waals surface area contributed by atoms with Gasteiger partial charge in [0.25, 0.3) is 0 Å². The van der Waals surface area contributed by atoms with Crippen LogP contribution in [0.4, 0.5) is 0 Å². The first-order valence-electron chi connectivity index (χ1n) is 6.74. The van der Waals surface area contributed by atoms with Crippen LogP contribution in [0, 0.1) is 12.8 Å². The SMILES string of the molecule is Cc1ccccc1C(N)COCC1CCOCC1. The molecule has 1 aromatic carbocycles. The van der Waals surface area contributed by atoms with Gasteiger partial charge in [-0.15, -0.1) is 0 Å². The quantitative estimate of drug-likeness (QED) is 0.871. The van der Waals surface area contributed by atoms with Crippen LogP contribution in [-0.4, -0.2) is 26.4 Å². The second-order valence-corrected chi connectivity index (χ2v) is 5.06. The Kier molecular flexibility index (Phi) is 5.17. The van der Waals surface area contributed by atoms with Gasteiger partial charge >= 0.3 is 0 Å². The molecule has 1 aromatic rings. The van der Waals surface area contributed by atoms with Gasteiger partial charge in [0.05, 0.1) is 12.6 Å². The van der Waals surface area contributed by atoms with Crippen molar-refractivity contribution in [1.82, 2.24) is 0 Å². The van der Waals surface area contributed by atoms with E-state index in [1.807, 2.05) is 12.1 Å². The molecule has 3 nitrogen and oxygen atoms in total. The summed E-state index contributed by atoms with van der Waals surface area (Å²) in [6.45, 7) is 5.24. The van der Waals surface area contributed by atoms with Crippen molar-refractivity contribution < 1.29 is 9.47 Å². The first-order chi connectivity index (χ1) is 8.77. The fraction of sp³-hybridized carbons (Fsp3) is 0.600. The van der Waals surface area contributed by atoms with Crippen LogP contribution >= 0.6 is 0 Å². The van der Waals surface area contributed by atoms with E-state index in [0.29, 0.717) is 12.5 Å². The van der Waals surface area contributed by atoms with E-state index in [0.717, 1.165) is 32.7 Å². The van der Waals surface area contributed by atoms with Crippen molar-refractivity contribution in [2.24, 2.45) is 11.7 Å². The fourth-order valence-corrected chi connectivity index (χ4v) is 2.37. The summed E-state index contributed by atoms with van der Waals surface area (Å²) in [4.78, 5) is 0. The van der Waals surface area contributed by atoms with Crippen molar-refractivity contribution >= 4 is 0 Å². The summed E-state index contributed by atoms with van der Waals surface area (Å²) in [6.07, 6.45) is 2.22. The van der Waals surface area contributed by atoms with E-state index in [1.165, 1.54) is 11.1 Å². The lowest BCUT2D eigenvalue weighted by Crippen LogP contribution is -2.24. The normalized spacial score (nSPS) is 18.8. The highest BCUT2D eigenvalue weighted by Crippen LogP contribution is 2.18. The number of benzene rings is 1. The molecule has 18 heavy (non-hydrogen) atoms. The Bertz CT molecular complexity index is 361. The Balaban J connectivity index is 1.74. The van der Waals surface area contributed by atoms with E-state index in [2.05, 4.69) is 19.1 Å². The van der Waals surface area contributed by atoms with E-state index in [9.17, 15) is 0 Å². The third-order valence-corrected chi connectivity index (χ3v) is 3.58. The molecule has 1 unspecified atom stereocenters. The maximum absolute atomic E-state index is 6.16. The molecule has 2 N–H and O–H groups in total. The van der Waals surface area contributed by atoms with Crippen molar-refractivity contribution in [3.63, 3.8) is 0 Å². The van der Waals surface area contributed by atoms with Crippen LogP contribution in [0.15, 0.2) is 24.3 Å². The lowest BCUT2D eigenvalue weighted by atomic mass is 10.0. The molecule has 1 fully saturated rings. The van der Waals surface area contributed by atoms with E-state index in [-0.39, 0.29) is 6.04 Å². The minimum absolute atomic E-state index is 0.0222. The van der Waals surface area contributed by atoms with Gasteiger partial charge in [-0.1, -0.05) is 24.3 Å². The van der Waals surface area contributed by atoms with Crippen LogP contribution in [0.25, 0.3) is 0 Å². The molecule has 3 heteroatoms. The van der Waals surface area contributed by atoms with Crippen molar-refractivity contribution in [3.05, 3.63) is 35.4 Å². The highest BCUT2D eigenvalue weighted by Gasteiger charge is 2.15. The summed E-state index contributed by atoms with van der Waals surface area (Å²) in [7, 11) is 0. The lowest BCUT2D eigenvalue weighted by Gasteiger charge is -2.23. The van der Waals surface area contributed by atoms with Gasteiger partial charge in [-0.2, -0.15) is 0 Å². The van der Waals surface area contributed by atoms with Gasteiger partial charge in [0.1, 0.15) is 0 Å². The third kappa shape index (κ3) is 3.80. The molecule has 1 heterocycles. The topological polar surface area (TPSA) is 44.5 Å². The summed E-state index contributed by atoms with van der Waals surface area (Å²) in [5, 5.41) is 0. The Morgan fingerprint density at radius 2 is 2.06 bits per heavy atom. The number of nitrogens with two attached hydrogens (primary N) is 1. The first kappa shape index (κ1) is 13.5. The van der Waals surface area contributed by atoms with Gasteiger partial charge in [-0.25, -0.2) is 0 Å². The zero-order valence-corrected chi connectivity index (χ0v) is 11.1. The van der Waals surface area contributed by atoms with Crippen LogP contribution in [0.1, 0.15) is 30.0 Å². The zero-order valence-electron chi connectivity index (χ0n) is 11.1. The number of ether oxygens (including phenoxy) is 2. The van der Waals surface area contributed by atoms with Crippen LogP contribution in [0.2, 0.25) is 0 Å². The molecule has 0 aromatic heterocycles. The third-order valence-electron chi connectivity index (χ3n) is 3.58. The molecule has 2 rings (SSSR count). The summed E-state index contributed by atoms with van der Waals surface area (Å²) in [5.41, 5.74) is 8.58. The molecule has 1 atom stereocenters. The predicted octanol–water partition coefficient (Wildman–Crippen LogP) is 2.44. The first-order valence-corrected chi connectivity index (χ1v) is 6.74. The van der Waals surface area contributed by atoms with Crippen molar-refractivity contribution in [3.8, 4) is 0 Å². The monoisotopic (exact) mass is 249 g/mol. The van der Waals surface area contributed by atoms with E-state index >= 15 is 0 Å². The molecule has 0 amide bonds. The summed E-state index contributed by atoms with van der Waals surface area (Å²) in [6, 6.07) is 8.21. The summed E-state index contributed by atoms with van der Waals surface area (Å²) < 4.78 is 11.1. The largest absolute Gasteiger partial charge is 0.381 e. The molecular formula is C15H23NO2. The minimum Gasteiger partial charge on any atom is -0.381 e. The predicted molar refractivity (Wildman–Crippen MR) is 72.5 cm³/mol. The van der Waals surface area contributed by atoms with Crippen LogP contribution in [0.3, 0.4) is 0 Å². The molecule has 1 saturated heterocycles. The summed E-state index contributed by atoms with van der Waals surface area (Å²) >= 11 is 0. The molecule has 1 aliphatic rings. The molecule has 0 aliphatic carbocycles. The van der Waals surface area contributed by atoms with Crippen LogP contribution in [-0.2, 0) is 9.47 Å². The minimum atomic E-state index is -0.0222. The maximum atomic E-state index is 6.16. The summed E-state index contributed by atoms with van der Waals surface area (Å²) in [5.74, 6) is 0.642. The second kappa shape index (κ2) is 6.88. The highest BCUT2D eigenvalue weighted by molar-refractivity contribution is 5.28. The molecule has 0 spiro atoms. The highest BCUT2D eigenvalue weighted by atomic mass is 16.5. The molecule has 0 bridgehead atoms. The zero-order chi connectivity index (χ0) is 12.8.